The molecule has 0 saturated heterocycles. The summed E-state index contributed by atoms with van der Waals surface area (Å²) in [6, 6.07) is 0. The average Bonchev–Trinajstić information content (AvgIpc) is 2.14. The maximum atomic E-state index is 11.9. The van der Waals surface area contributed by atoms with Gasteiger partial charge in [0.25, 0.3) is 0 Å². The number of nitrogens with zero attached hydrogens (tertiary/aromatic N) is 1. The molecular formula is C12H25NO3. The molecule has 4 heteroatoms. The molecule has 0 aliphatic rings. The Morgan fingerprint density at radius 3 is 2.06 bits per heavy atom. The fourth-order valence-electron chi connectivity index (χ4n) is 1.75. The molecule has 0 fully saturated rings. The van der Waals surface area contributed by atoms with Gasteiger partial charge in [-0.1, -0.05) is 13.8 Å². The van der Waals surface area contributed by atoms with Crippen LogP contribution in [0.25, 0.3) is 0 Å². The third-order valence-corrected chi connectivity index (χ3v) is 2.49. The summed E-state index contributed by atoms with van der Waals surface area (Å²) in [6.07, 6.45) is 1.19. The van der Waals surface area contributed by atoms with Crippen LogP contribution in [-0.2, 0) is 9.53 Å². The van der Waals surface area contributed by atoms with Gasteiger partial charge in [-0.2, -0.15) is 0 Å². The van der Waals surface area contributed by atoms with E-state index in [1.54, 1.807) is 32.8 Å². The largest absolute Gasteiger partial charge is 0.366 e. The summed E-state index contributed by atoms with van der Waals surface area (Å²) in [4.78, 5) is 13.5. The van der Waals surface area contributed by atoms with E-state index in [4.69, 9.17) is 4.74 Å². The van der Waals surface area contributed by atoms with Crippen molar-refractivity contribution in [1.82, 2.24) is 4.90 Å². The minimum Gasteiger partial charge on any atom is -0.366 e. The number of hydrogen-bond acceptors (Lipinski definition) is 3. The fourth-order valence-corrected chi connectivity index (χ4v) is 1.75. The highest BCUT2D eigenvalue weighted by Crippen LogP contribution is 2.22. The number of aliphatic hydroxyl groups is 1. The first-order valence-corrected chi connectivity index (χ1v) is 5.84. The minimum absolute atomic E-state index is 0.0543. The number of carbonyl (C=O) groups excluding carboxylic acids is 1. The molecule has 2 unspecified atom stereocenters. The summed E-state index contributed by atoms with van der Waals surface area (Å²) in [5, 5.41) is 9.64. The van der Waals surface area contributed by atoms with Crippen LogP contribution in [0, 0.1) is 5.92 Å². The zero-order valence-electron chi connectivity index (χ0n) is 11.3. The van der Waals surface area contributed by atoms with Gasteiger partial charge in [0.1, 0.15) is 0 Å². The molecule has 4 nitrogen and oxygen atoms in total. The smallest absolute Gasteiger partial charge is 0.227 e. The molecule has 0 aliphatic heterocycles. The van der Waals surface area contributed by atoms with Crippen molar-refractivity contribution in [2.45, 2.75) is 52.4 Å². The third kappa shape index (κ3) is 4.94. The molecule has 0 aromatic rings. The standard InChI is InChI=1S/C12H25NO3/c1-7-9(11(14)13(5)6)10(8-2)16-12(3,4)15/h9-10,15H,7-8H2,1-6H3. The second kappa shape index (κ2) is 6.21. The van der Waals surface area contributed by atoms with E-state index in [1.807, 2.05) is 13.8 Å². The van der Waals surface area contributed by atoms with Gasteiger partial charge < -0.3 is 14.7 Å². The maximum Gasteiger partial charge on any atom is 0.227 e. The normalized spacial score (nSPS) is 15.7. The van der Waals surface area contributed by atoms with Crippen LogP contribution in [0.1, 0.15) is 40.5 Å². The number of ether oxygens (including phenoxy) is 1. The monoisotopic (exact) mass is 231 g/mol. The lowest BCUT2D eigenvalue weighted by atomic mass is 9.95. The summed E-state index contributed by atoms with van der Waals surface area (Å²) in [6.45, 7) is 7.09. The lowest BCUT2D eigenvalue weighted by Crippen LogP contribution is -2.41. The molecule has 0 aromatic carbocycles. The summed E-state index contributed by atoms with van der Waals surface area (Å²) in [5.41, 5.74) is 0. The minimum atomic E-state index is -1.19. The van der Waals surface area contributed by atoms with Crippen LogP contribution in [0.3, 0.4) is 0 Å². The second-order valence-electron chi connectivity index (χ2n) is 4.76. The predicted molar refractivity (Wildman–Crippen MR) is 63.9 cm³/mol. The zero-order chi connectivity index (χ0) is 12.9. The molecule has 0 saturated carbocycles. The van der Waals surface area contributed by atoms with Gasteiger partial charge in [0.05, 0.1) is 12.0 Å². The molecule has 0 bridgehead atoms. The maximum absolute atomic E-state index is 11.9. The van der Waals surface area contributed by atoms with E-state index in [1.165, 1.54) is 0 Å². The highest BCUT2D eigenvalue weighted by molar-refractivity contribution is 5.78. The van der Waals surface area contributed by atoms with E-state index >= 15 is 0 Å². The molecule has 0 aromatic heterocycles. The molecule has 16 heavy (non-hydrogen) atoms. The Labute approximate surface area is 98.6 Å². The number of rotatable bonds is 6. The van der Waals surface area contributed by atoms with Gasteiger partial charge in [0.15, 0.2) is 5.79 Å². The molecule has 2 atom stereocenters. The molecule has 1 amide bonds. The molecule has 0 rings (SSSR count). The molecular weight excluding hydrogens is 206 g/mol. The number of hydrogen-bond donors (Lipinski definition) is 1. The summed E-state index contributed by atoms with van der Waals surface area (Å²) in [5.74, 6) is -1.33. The zero-order valence-corrected chi connectivity index (χ0v) is 11.3. The van der Waals surface area contributed by atoms with Gasteiger partial charge in [-0.05, 0) is 26.7 Å². The van der Waals surface area contributed by atoms with Crippen molar-refractivity contribution in [2.24, 2.45) is 5.92 Å². The second-order valence-corrected chi connectivity index (χ2v) is 4.76. The van der Waals surface area contributed by atoms with Crippen LogP contribution in [-0.4, -0.2) is 41.9 Å². The van der Waals surface area contributed by atoms with Crippen LogP contribution >= 0.6 is 0 Å². The Bertz CT molecular complexity index is 221. The van der Waals surface area contributed by atoms with Crippen LogP contribution < -0.4 is 0 Å². The van der Waals surface area contributed by atoms with E-state index < -0.39 is 5.79 Å². The highest BCUT2D eigenvalue weighted by atomic mass is 16.6. The molecule has 96 valence electrons. The van der Waals surface area contributed by atoms with Gasteiger partial charge in [-0.3, -0.25) is 4.79 Å². The van der Waals surface area contributed by atoms with E-state index in [0.717, 1.165) is 0 Å². The van der Waals surface area contributed by atoms with Crippen LogP contribution in [0.15, 0.2) is 0 Å². The van der Waals surface area contributed by atoms with Gasteiger partial charge in [0, 0.05) is 14.1 Å². The summed E-state index contributed by atoms with van der Waals surface area (Å²) < 4.78 is 5.52. The van der Waals surface area contributed by atoms with Crippen LogP contribution in [0.4, 0.5) is 0 Å². The van der Waals surface area contributed by atoms with E-state index in [0.29, 0.717) is 12.8 Å². The Morgan fingerprint density at radius 1 is 1.31 bits per heavy atom. The van der Waals surface area contributed by atoms with E-state index in [-0.39, 0.29) is 17.9 Å². The Morgan fingerprint density at radius 2 is 1.81 bits per heavy atom. The van der Waals surface area contributed by atoms with Gasteiger partial charge in [-0.15, -0.1) is 0 Å². The quantitative estimate of drug-likeness (QED) is 0.707. The van der Waals surface area contributed by atoms with Gasteiger partial charge in [-0.25, -0.2) is 0 Å². The number of amides is 1. The Kier molecular flexibility index (Phi) is 5.97. The SMILES string of the molecule is CCC(OC(C)(C)O)C(CC)C(=O)N(C)C. The summed E-state index contributed by atoms with van der Waals surface area (Å²) >= 11 is 0. The Balaban J connectivity index is 4.70. The third-order valence-electron chi connectivity index (χ3n) is 2.49. The van der Waals surface area contributed by atoms with E-state index in [2.05, 4.69) is 0 Å². The van der Waals surface area contributed by atoms with Gasteiger partial charge >= 0.3 is 0 Å². The van der Waals surface area contributed by atoms with Crippen molar-refractivity contribution in [2.75, 3.05) is 14.1 Å². The first-order valence-electron chi connectivity index (χ1n) is 5.84. The molecule has 0 radical (unpaired) electrons. The van der Waals surface area contributed by atoms with Gasteiger partial charge in [0.2, 0.25) is 5.91 Å². The lowest BCUT2D eigenvalue weighted by molar-refractivity contribution is -0.218. The fraction of sp³-hybridized carbons (Fsp3) is 0.917. The van der Waals surface area contributed by atoms with Crippen LogP contribution in [0.2, 0.25) is 0 Å². The molecule has 0 heterocycles. The number of carbonyl (C=O) groups is 1. The summed E-state index contributed by atoms with van der Waals surface area (Å²) in [7, 11) is 3.48. The van der Waals surface area contributed by atoms with Crippen molar-refractivity contribution < 1.29 is 14.6 Å². The van der Waals surface area contributed by atoms with Crippen molar-refractivity contribution >= 4 is 5.91 Å². The molecule has 1 N–H and O–H groups in total. The topological polar surface area (TPSA) is 49.8 Å². The van der Waals surface area contributed by atoms with Crippen molar-refractivity contribution in [3.05, 3.63) is 0 Å². The van der Waals surface area contributed by atoms with Crippen LogP contribution in [0.5, 0.6) is 0 Å². The molecule has 0 aliphatic carbocycles. The highest BCUT2D eigenvalue weighted by Gasteiger charge is 2.31. The molecule has 0 spiro atoms. The predicted octanol–water partition coefficient (Wildman–Crippen LogP) is 1.62. The Hall–Kier alpha value is -0.610. The van der Waals surface area contributed by atoms with Crippen molar-refractivity contribution in [3.63, 3.8) is 0 Å². The van der Waals surface area contributed by atoms with Crippen molar-refractivity contribution in [1.29, 1.82) is 0 Å². The first-order chi connectivity index (χ1) is 7.22. The first kappa shape index (κ1) is 15.4. The average molecular weight is 231 g/mol. The van der Waals surface area contributed by atoms with Crippen molar-refractivity contribution in [3.8, 4) is 0 Å². The lowest BCUT2D eigenvalue weighted by Gasteiger charge is -2.31. The van der Waals surface area contributed by atoms with E-state index in [9.17, 15) is 9.90 Å².